The van der Waals surface area contributed by atoms with E-state index in [1.54, 1.807) is 0 Å². The second-order valence-corrected chi connectivity index (χ2v) is 4.27. The van der Waals surface area contributed by atoms with E-state index in [0.29, 0.717) is 0 Å². The van der Waals surface area contributed by atoms with Gasteiger partial charge in [0.2, 0.25) is 0 Å². The predicted octanol–water partition coefficient (Wildman–Crippen LogP) is 1.46. The van der Waals surface area contributed by atoms with Crippen molar-refractivity contribution in [1.82, 2.24) is 4.90 Å². The Labute approximate surface area is 90.8 Å². The summed E-state index contributed by atoms with van der Waals surface area (Å²) < 4.78 is 0. The number of hydrogen-bond donors (Lipinski definition) is 1. The van der Waals surface area contributed by atoms with Crippen LogP contribution < -0.4 is 5.90 Å². The normalized spacial score (nSPS) is 22.1. The van der Waals surface area contributed by atoms with Crippen LogP contribution in [0.2, 0.25) is 0 Å². The van der Waals surface area contributed by atoms with Crippen LogP contribution in [0.5, 0.6) is 0 Å². The smallest absolute Gasteiger partial charge is 0.0926 e. The van der Waals surface area contributed by atoms with Crippen molar-refractivity contribution in [2.75, 3.05) is 13.1 Å². The zero-order valence-corrected chi connectivity index (χ0v) is 9.15. The number of rotatable bonds is 3. The molecule has 3 nitrogen and oxygen atoms in total. The molecular formula is C12H18N2O. The molecule has 82 valence electrons. The number of likely N-dealkylation sites (tertiary alicyclic amines) is 1. The summed E-state index contributed by atoms with van der Waals surface area (Å²) in [6.07, 6.45) is 1.26. The molecule has 3 heteroatoms. The van der Waals surface area contributed by atoms with Crippen molar-refractivity contribution < 1.29 is 4.84 Å². The first kappa shape index (κ1) is 10.6. The molecule has 0 bridgehead atoms. The topological polar surface area (TPSA) is 38.5 Å². The molecule has 1 aromatic carbocycles. The van der Waals surface area contributed by atoms with E-state index >= 15 is 0 Å². The summed E-state index contributed by atoms with van der Waals surface area (Å²) in [6, 6.07) is 8.68. The molecule has 1 aliphatic heterocycles. The standard InChI is InChI=1S/C12H18N2O/c1-10-2-4-11(5-3-10)8-14-7-6-12(9-14)15-13/h2-5,12H,6-9,13H2,1H3. The van der Waals surface area contributed by atoms with Gasteiger partial charge in [-0.05, 0) is 18.9 Å². The largest absolute Gasteiger partial charge is 0.300 e. The lowest BCUT2D eigenvalue weighted by atomic mass is 10.1. The lowest BCUT2D eigenvalue weighted by Gasteiger charge is -2.15. The van der Waals surface area contributed by atoms with Gasteiger partial charge in [0.05, 0.1) is 6.10 Å². The minimum Gasteiger partial charge on any atom is -0.300 e. The molecule has 0 saturated carbocycles. The first-order valence-corrected chi connectivity index (χ1v) is 5.41. The van der Waals surface area contributed by atoms with Crippen LogP contribution in [-0.4, -0.2) is 24.1 Å². The maximum atomic E-state index is 5.18. The average molecular weight is 206 g/mol. The van der Waals surface area contributed by atoms with Crippen LogP contribution in [0.4, 0.5) is 0 Å². The van der Waals surface area contributed by atoms with Crippen LogP contribution in [0.1, 0.15) is 17.5 Å². The van der Waals surface area contributed by atoms with E-state index < -0.39 is 0 Å². The van der Waals surface area contributed by atoms with Gasteiger partial charge < -0.3 is 0 Å². The Bertz CT molecular complexity index is 310. The molecule has 0 spiro atoms. The summed E-state index contributed by atoms with van der Waals surface area (Å²) in [5.74, 6) is 5.18. The molecule has 0 aliphatic carbocycles. The van der Waals surface area contributed by atoms with Gasteiger partial charge in [-0.2, -0.15) is 0 Å². The van der Waals surface area contributed by atoms with Crippen molar-refractivity contribution in [3.8, 4) is 0 Å². The SMILES string of the molecule is Cc1ccc(CN2CCC(ON)C2)cc1. The molecule has 0 radical (unpaired) electrons. The summed E-state index contributed by atoms with van der Waals surface area (Å²) in [7, 11) is 0. The van der Waals surface area contributed by atoms with Crippen molar-refractivity contribution in [3.05, 3.63) is 35.4 Å². The van der Waals surface area contributed by atoms with E-state index in [1.165, 1.54) is 11.1 Å². The summed E-state index contributed by atoms with van der Waals surface area (Å²) >= 11 is 0. The number of nitrogens with zero attached hydrogens (tertiary/aromatic N) is 1. The summed E-state index contributed by atoms with van der Waals surface area (Å²) in [5, 5.41) is 0. The zero-order chi connectivity index (χ0) is 10.7. The Hall–Kier alpha value is -0.900. The van der Waals surface area contributed by atoms with Crippen molar-refractivity contribution >= 4 is 0 Å². The number of benzene rings is 1. The van der Waals surface area contributed by atoms with Gasteiger partial charge >= 0.3 is 0 Å². The van der Waals surface area contributed by atoms with Gasteiger partial charge in [-0.25, -0.2) is 5.90 Å². The first-order valence-electron chi connectivity index (χ1n) is 5.41. The Kier molecular flexibility index (Phi) is 3.36. The van der Waals surface area contributed by atoms with Crippen molar-refractivity contribution in [2.24, 2.45) is 5.90 Å². The third-order valence-electron chi connectivity index (χ3n) is 2.95. The molecule has 1 aliphatic rings. The number of aryl methyl sites for hydroxylation is 1. The van der Waals surface area contributed by atoms with E-state index in [0.717, 1.165) is 26.1 Å². The molecule has 1 aromatic rings. The maximum Gasteiger partial charge on any atom is 0.0926 e. The highest BCUT2D eigenvalue weighted by molar-refractivity contribution is 5.21. The lowest BCUT2D eigenvalue weighted by molar-refractivity contribution is 0.0589. The fourth-order valence-electron chi connectivity index (χ4n) is 2.00. The van der Waals surface area contributed by atoms with Gasteiger partial charge in [-0.1, -0.05) is 29.8 Å². The fraction of sp³-hybridized carbons (Fsp3) is 0.500. The maximum absolute atomic E-state index is 5.18. The molecule has 0 amide bonds. The monoisotopic (exact) mass is 206 g/mol. The Balaban J connectivity index is 1.90. The predicted molar refractivity (Wildman–Crippen MR) is 60.1 cm³/mol. The van der Waals surface area contributed by atoms with Crippen molar-refractivity contribution in [2.45, 2.75) is 26.0 Å². The van der Waals surface area contributed by atoms with Gasteiger partial charge in [0, 0.05) is 19.6 Å². The van der Waals surface area contributed by atoms with Gasteiger partial charge in [-0.15, -0.1) is 0 Å². The van der Waals surface area contributed by atoms with E-state index in [9.17, 15) is 0 Å². The van der Waals surface area contributed by atoms with Gasteiger partial charge in [0.25, 0.3) is 0 Å². The Morgan fingerprint density at radius 2 is 2.13 bits per heavy atom. The highest BCUT2D eigenvalue weighted by Crippen LogP contribution is 2.15. The molecule has 1 unspecified atom stereocenters. The summed E-state index contributed by atoms with van der Waals surface area (Å²) in [6.45, 7) is 5.14. The van der Waals surface area contributed by atoms with Crippen molar-refractivity contribution in [1.29, 1.82) is 0 Å². The number of hydrogen-bond acceptors (Lipinski definition) is 3. The molecule has 0 aromatic heterocycles. The fourth-order valence-corrected chi connectivity index (χ4v) is 2.00. The average Bonchev–Trinajstić information content (AvgIpc) is 2.69. The molecule has 1 saturated heterocycles. The Morgan fingerprint density at radius 3 is 2.73 bits per heavy atom. The van der Waals surface area contributed by atoms with Crippen LogP contribution in [0, 0.1) is 6.92 Å². The van der Waals surface area contributed by atoms with Crippen LogP contribution in [0.3, 0.4) is 0 Å². The Morgan fingerprint density at radius 1 is 1.40 bits per heavy atom. The highest BCUT2D eigenvalue weighted by Gasteiger charge is 2.22. The first-order chi connectivity index (χ1) is 7.28. The lowest BCUT2D eigenvalue weighted by Crippen LogP contribution is -2.24. The summed E-state index contributed by atoms with van der Waals surface area (Å²) in [5.41, 5.74) is 2.67. The van der Waals surface area contributed by atoms with Crippen LogP contribution in [-0.2, 0) is 11.4 Å². The van der Waals surface area contributed by atoms with E-state index in [1.807, 2.05) is 0 Å². The van der Waals surface area contributed by atoms with Gasteiger partial charge in [-0.3, -0.25) is 9.74 Å². The van der Waals surface area contributed by atoms with E-state index in [-0.39, 0.29) is 6.10 Å². The van der Waals surface area contributed by atoms with Crippen LogP contribution in [0.15, 0.2) is 24.3 Å². The molecule has 1 fully saturated rings. The minimum absolute atomic E-state index is 0.218. The van der Waals surface area contributed by atoms with Gasteiger partial charge in [0.1, 0.15) is 0 Å². The van der Waals surface area contributed by atoms with E-state index in [2.05, 4.69) is 36.1 Å². The highest BCUT2D eigenvalue weighted by atomic mass is 16.6. The molecule has 1 heterocycles. The summed E-state index contributed by atoms with van der Waals surface area (Å²) in [4.78, 5) is 7.23. The minimum atomic E-state index is 0.218. The second kappa shape index (κ2) is 4.75. The molecule has 1 atom stereocenters. The third-order valence-corrected chi connectivity index (χ3v) is 2.95. The third kappa shape index (κ3) is 2.78. The van der Waals surface area contributed by atoms with Crippen LogP contribution in [0.25, 0.3) is 0 Å². The number of nitrogens with two attached hydrogens (primary N) is 1. The molecular weight excluding hydrogens is 188 g/mol. The quantitative estimate of drug-likeness (QED) is 0.761. The molecule has 2 N–H and O–H groups in total. The van der Waals surface area contributed by atoms with E-state index in [4.69, 9.17) is 10.7 Å². The van der Waals surface area contributed by atoms with Gasteiger partial charge in [0.15, 0.2) is 0 Å². The van der Waals surface area contributed by atoms with Crippen molar-refractivity contribution in [3.63, 3.8) is 0 Å². The molecule has 15 heavy (non-hydrogen) atoms. The second-order valence-electron chi connectivity index (χ2n) is 4.27. The molecule has 2 rings (SSSR count). The zero-order valence-electron chi connectivity index (χ0n) is 9.15. The van der Waals surface area contributed by atoms with Crippen LogP contribution >= 0.6 is 0 Å².